The van der Waals surface area contributed by atoms with E-state index in [0.717, 1.165) is 12.2 Å². The van der Waals surface area contributed by atoms with Crippen LogP contribution in [-0.2, 0) is 12.8 Å². The Kier molecular flexibility index (Phi) is 3.05. The van der Waals surface area contributed by atoms with E-state index >= 15 is 0 Å². The van der Waals surface area contributed by atoms with Crippen LogP contribution in [0.5, 0.6) is 5.75 Å². The molecular weight excluding hydrogens is 236 g/mol. The summed E-state index contributed by atoms with van der Waals surface area (Å²) in [5.74, 6) is 1.61. The van der Waals surface area contributed by atoms with Crippen LogP contribution in [0.25, 0.3) is 0 Å². The molecule has 3 nitrogen and oxygen atoms in total. The highest BCUT2D eigenvalue weighted by molar-refractivity contribution is 5.52. The Morgan fingerprint density at radius 2 is 2.21 bits per heavy atom. The Morgan fingerprint density at radius 1 is 1.37 bits per heavy atom. The first-order chi connectivity index (χ1) is 9.20. The number of methoxy groups -OCH3 is 1. The number of aromatic amines is 1. The molecule has 1 aromatic carbocycles. The Balaban J connectivity index is 1.97. The number of nitrogens with one attached hydrogen (secondary N) is 1. The number of H-pyrrole nitrogens is 1. The fourth-order valence-electron chi connectivity index (χ4n) is 3.22. The number of ether oxygens (including phenoxy) is 1. The van der Waals surface area contributed by atoms with Gasteiger partial charge in [-0.1, -0.05) is 0 Å². The minimum Gasteiger partial charge on any atom is -0.496 e. The number of aromatic nitrogens is 2. The first kappa shape index (κ1) is 12.3. The third-order valence-corrected chi connectivity index (χ3v) is 4.44. The van der Waals surface area contributed by atoms with Gasteiger partial charge in [-0.05, 0) is 67.3 Å². The van der Waals surface area contributed by atoms with E-state index in [0.29, 0.717) is 5.92 Å². The second-order valence-corrected chi connectivity index (χ2v) is 5.41. The highest BCUT2D eigenvalue weighted by Crippen LogP contribution is 2.41. The summed E-state index contributed by atoms with van der Waals surface area (Å²) in [5.41, 5.74) is 6.90. The lowest BCUT2D eigenvalue weighted by Gasteiger charge is -2.16. The van der Waals surface area contributed by atoms with Crippen molar-refractivity contribution in [2.24, 2.45) is 0 Å². The van der Waals surface area contributed by atoms with Crippen LogP contribution in [-0.4, -0.2) is 17.1 Å². The quantitative estimate of drug-likeness (QED) is 0.915. The molecule has 0 bridgehead atoms. The molecule has 1 aliphatic rings. The van der Waals surface area contributed by atoms with E-state index in [1.54, 1.807) is 13.4 Å². The molecule has 100 valence electrons. The summed E-state index contributed by atoms with van der Waals surface area (Å²) >= 11 is 0. The molecule has 3 heteroatoms. The summed E-state index contributed by atoms with van der Waals surface area (Å²) in [6.07, 6.45) is 7.13. The largest absolute Gasteiger partial charge is 0.496 e. The van der Waals surface area contributed by atoms with E-state index in [1.165, 1.54) is 40.8 Å². The molecule has 0 saturated carbocycles. The number of nitrogens with zero attached hydrogens (tertiary/aromatic N) is 1. The maximum absolute atomic E-state index is 5.51. The Hall–Kier alpha value is -1.77. The molecule has 1 N–H and O–H groups in total. The van der Waals surface area contributed by atoms with Crippen molar-refractivity contribution in [2.75, 3.05) is 7.11 Å². The summed E-state index contributed by atoms with van der Waals surface area (Å²) in [6, 6.07) is 2.24. The van der Waals surface area contributed by atoms with Gasteiger partial charge in [-0.3, -0.25) is 0 Å². The van der Waals surface area contributed by atoms with Gasteiger partial charge >= 0.3 is 0 Å². The second-order valence-electron chi connectivity index (χ2n) is 5.41. The third kappa shape index (κ3) is 2.03. The monoisotopic (exact) mass is 256 g/mol. The van der Waals surface area contributed by atoms with Gasteiger partial charge in [0.1, 0.15) is 5.75 Å². The topological polar surface area (TPSA) is 37.9 Å². The molecule has 1 aliphatic carbocycles. The molecule has 0 amide bonds. The van der Waals surface area contributed by atoms with Gasteiger partial charge in [0.25, 0.3) is 0 Å². The van der Waals surface area contributed by atoms with Crippen molar-refractivity contribution in [1.82, 2.24) is 9.97 Å². The molecule has 0 spiro atoms. The van der Waals surface area contributed by atoms with Crippen LogP contribution < -0.4 is 4.74 Å². The number of hydrogen-bond donors (Lipinski definition) is 1. The standard InChI is InChI=1S/C16H20N2O/c1-10-11(2)16(19-3)7-15-12(4-5-14(10)15)6-13-8-17-9-18-13/h7-9,12H,4-6H2,1-3H3,(H,17,18). The van der Waals surface area contributed by atoms with Crippen molar-refractivity contribution in [3.05, 3.63) is 46.5 Å². The lowest BCUT2D eigenvalue weighted by atomic mass is 9.93. The first-order valence-corrected chi connectivity index (χ1v) is 6.85. The van der Waals surface area contributed by atoms with Crippen LogP contribution in [0.4, 0.5) is 0 Å². The highest BCUT2D eigenvalue weighted by Gasteiger charge is 2.26. The van der Waals surface area contributed by atoms with Crippen molar-refractivity contribution < 1.29 is 4.74 Å². The summed E-state index contributed by atoms with van der Waals surface area (Å²) < 4.78 is 5.51. The minimum absolute atomic E-state index is 0.587. The van der Waals surface area contributed by atoms with Gasteiger partial charge in [-0.25, -0.2) is 4.98 Å². The summed E-state index contributed by atoms with van der Waals surface area (Å²) in [5, 5.41) is 0. The summed E-state index contributed by atoms with van der Waals surface area (Å²) in [7, 11) is 1.76. The zero-order valence-electron chi connectivity index (χ0n) is 11.8. The summed E-state index contributed by atoms with van der Waals surface area (Å²) in [6.45, 7) is 4.37. The molecule has 1 atom stereocenters. The van der Waals surface area contributed by atoms with E-state index < -0.39 is 0 Å². The Bertz CT molecular complexity index is 587. The number of hydrogen-bond acceptors (Lipinski definition) is 2. The molecule has 1 heterocycles. The average molecular weight is 256 g/mol. The van der Waals surface area contributed by atoms with Gasteiger partial charge in [0.15, 0.2) is 0 Å². The predicted octanol–water partition coefficient (Wildman–Crippen LogP) is 3.31. The highest BCUT2D eigenvalue weighted by atomic mass is 16.5. The fourth-order valence-corrected chi connectivity index (χ4v) is 3.22. The van der Waals surface area contributed by atoms with Crippen LogP contribution in [0, 0.1) is 13.8 Å². The zero-order chi connectivity index (χ0) is 13.4. The smallest absolute Gasteiger partial charge is 0.122 e. The fraction of sp³-hybridized carbons (Fsp3) is 0.438. The first-order valence-electron chi connectivity index (χ1n) is 6.85. The molecule has 0 aliphatic heterocycles. The third-order valence-electron chi connectivity index (χ3n) is 4.44. The molecule has 2 aromatic rings. The van der Waals surface area contributed by atoms with Gasteiger partial charge in [0.2, 0.25) is 0 Å². The number of rotatable bonds is 3. The number of fused-ring (bicyclic) bond motifs is 1. The maximum Gasteiger partial charge on any atom is 0.122 e. The maximum atomic E-state index is 5.51. The lowest BCUT2D eigenvalue weighted by molar-refractivity contribution is 0.410. The van der Waals surface area contributed by atoms with Crippen molar-refractivity contribution in [3.8, 4) is 5.75 Å². The van der Waals surface area contributed by atoms with E-state index in [1.807, 2.05) is 6.20 Å². The van der Waals surface area contributed by atoms with Gasteiger partial charge in [0, 0.05) is 11.9 Å². The van der Waals surface area contributed by atoms with Crippen LogP contribution in [0.1, 0.15) is 40.3 Å². The van der Waals surface area contributed by atoms with E-state index in [-0.39, 0.29) is 0 Å². The molecule has 3 rings (SSSR count). The molecule has 0 fully saturated rings. The molecular formula is C16H20N2O. The second kappa shape index (κ2) is 4.72. The van der Waals surface area contributed by atoms with Gasteiger partial charge in [-0.15, -0.1) is 0 Å². The summed E-state index contributed by atoms with van der Waals surface area (Å²) in [4.78, 5) is 7.31. The molecule has 1 aromatic heterocycles. The Labute approximate surface area is 114 Å². The zero-order valence-corrected chi connectivity index (χ0v) is 11.8. The SMILES string of the molecule is COc1cc2c(c(C)c1C)CCC2Cc1cnc[nH]1. The van der Waals surface area contributed by atoms with Crippen molar-refractivity contribution in [1.29, 1.82) is 0 Å². The van der Waals surface area contributed by atoms with E-state index in [2.05, 4.69) is 29.9 Å². The van der Waals surface area contributed by atoms with Crippen molar-refractivity contribution in [2.45, 2.75) is 39.0 Å². The van der Waals surface area contributed by atoms with E-state index in [9.17, 15) is 0 Å². The molecule has 1 unspecified atom stereocenters. The van der Waals surface area contributed by atoms with Crippen LogP contribution in [0.2, 0.25) is 0 Å². The van der Waals surface area contributed by atoms with Crippen LogP contribution >= 0.6 is 0 Å². The van der Waals surface area contributed by atoms with E-state index in [4.69, 9.17) is 4.74 Å². The minimum atomic E-state index is 0.587. The van der Waals surface area contributed by atoms with Crippen molar-refractivity contribution >= 4 is 0 Å². The predicted molar refractivity (Wildman–Crippen MR) is 75.8 cm³/mol. The van der Waals surface area contributed by atoms with Crippen molar-refractivity contribution in [3.63, 3.8) is 0 Å². The van der Waals surface area contributed by atoms with Crippen LogP contribution in [0.15, 0.2) is 18.6 Å². The van der Waals surface area contributed by atoms with Gasteiger partial charge in [-0.2, -0.15) is 0 Å². The molecule has 0 saturated heterocycles. The Morgan fingerprint density at radius 3 is 2.89 bits per heavy atom. The van der Waals surface area contributed by atoms with Gasteiger partial charge < -0.3 is 9.72 Å². The normalized spacial score (nSPS) is 17.5. The number of benzene rings is 1. The van der Waals surface area contributed by atoms with Crippen LogP contribution in [0.3, 0.4) is 0 Å². The molecule has 0 radical (unpaired) electrons. The number of imidazole rings is 1. The molecule has 19 heavy (non-hydrogen) atoms. The lowest BCUT2D eigenvalue weighted by Crippen LogP contribution is -2.01. The average Bonchev–Trinajstić information content (AvgIpc) is 3.04. The van der Waals surface area contributed by atoms with Gasteiger partial charge in [0.05, 0.1) is 13.4 Å².